The molecular weight excluding hydrogens is 286 g/mol. The molecule has 5 nitrogen and oxygen atoms in total. The van der Waals surface area contributed by atoms with Crippen molar-refractivity contribution in [1.82, 2.24) is 4.98 Å². The van der Waals surface area contributed by atoms with Gasteiger partial charge in [0.05, 0.1) is 10.8 Å². The number of halogens is 1. The van der Waals surface area contributed by atoms with Gasteiger partial charge in [-0.25, -0.2) is 13.4 Å². The highest BCUT2D eigenvalue weighted by Gasteiger charge is 2.14. The van der Waals surface area contributed by atoms with Crippen LogP contribution < -0.4 is 10.5 Å². The summed E-state index contributed by atoms with van der Waals surface area (Å²) in [5.74, 6) is -0.0710. The molecule has 19 heavy (non-hydrogen) atoms. The highest BCUT2D eigenvalue weighted by atomic mass is 35.5. The van der Waals surface area contributed by atoms with Gasteiger partial charge >= 0.3 is 0 Å². The lowest BCUT2D eigenvalue weighted by Crippen LogP contribution is -2.16. The summed E-state index contributed by atoms with van der Waals surface area (Å²) in [5, 5.41) is 0.249. The summed E-state index contributed by atoms with van der Waals surface area (Å²) in [4.78, 5) is 3.88. The van der Waals surface area contributed by atoms with Gasteiger partial charge in [-0.15, -0.1) is 0 Å². The molecule has 0 aliphatic carbocycles. The SMILES string of the molecule is Nc1cccc(CS(=O)(=O)Nc2ncccc2Cl)c1. The lowest BCUT2D eigenvalue weighted by atomic mass is 10.2. The lowest BCUT2D eigenvalue weighted by Gasteiger charge is -2.08. The zero-order valence-electron chi connectivity index (χ0n) is 9.88. The molecule has 0 fully saturated rings. The number of anilines is 2. The van der Waals surface area contributed by atoms with E-state index in [9.17, 15) is 8.42 Å². The maximum Gasteiger partial charge on any atom is 0.238 e. The fourth-order valence-corrected chi connectivity index (χ4v) is 2.92. The Morgan fingerprint density at radius 3 is 2.74 bits per heavy atom. The van der Waals surface area contributed by atoms with Gasteiger partial charge in [-0.2, -0.15) is 0 Å². The van der Waals surface area contributed by atoms with Gasteiger partial charge < -0.3 is 5.73 Å². The van der Waals surface area contributed by atoms with Crippen molar-refractivity contribution in [2.45, 2.75) is 5.75 Å². The van der Waals surface area contributed by atoms with Crippen LogP contribution in [-0.4, -0.2) is 13.4 Å². The van der Waals surface area contributed by atoms with Gasteiger partial charge in [0, 0.05) is 11.9 Å². The third-order valence-electron chi connectivity index (χ3n) is 2.32. The number of pyridine rings is 1. The molecule has 0 unspecified atom stereocenters. The Morgan fingerprint density at radius 2 is 2.05 bits per heavy atom. The molecule has 0 amide bonds. The van der Waals surface area contributed by atoms with Gasteiger partial charge in [0.2, 0.25) is 10.0 Å². The van der Waals surface area contributed by atoms with Crippen molar-refractivity contribution in [2.75, 3.05) is 10.5 Å². The molecule has 7 heteroatoms. The summed E-state index contributed by atoms with van der Waals surface area (Å²) in [7, 11) is -3.58. The third kappa shape index (κ3) is 3.84. The van der Waals surface area contributed by atoms with E-state index in [-0.39, 0.29) is 16.6 Å². The van der Waals surface area contributed by atoms with Crippen LogP contribution in [0.1, 0.15) is 5.56 Å². The Labute approximate surface area is 116 Å². The second-order valence-corrected chi connectivity index (χ2v) is 6.07. The Bertz CT molecular complexity index is 689. The summed E-state index contributed by atoms with van der Waals surface area (Å²) in [5.41, 5.74) is 6.72. The summed E-state index contributed by atoms with van der Waals surface area (Å²) in [6.07, 6.45) is 1.46. The summed E-state index contributed by atoms with van der Waals surface area (Å²) in [6, 6.07) is 9.88. The van der Waals surface area contributed by atoms with Crippen LogP contribution in [0.25, 0.3) is 0 Å². The monoisotopic (exact) mass is 297 g/mol. The normalized spacial score (nSPS) is 11.2. The van der Waals surface area contributed by atoms with Crippen LogP contribution in [0.3, 0.4) is 0 Å². The van der Waals surface area contributed by atoms with Crippen molar-refractivity contribution in [3.8, 4) is 0 Å². The number of aromatic nitrogens is 1. The van der Waals surface area contributed by atoms with Crippen LogP contribution in [0.4, 0.5) is 11.5 Å². The fraction of sp³-hybridized carbons (Fsp3) is 0.0833. The molecule has 1 heterocycles. The number of hydrogen-bond acceptors (Lipinski definition) is 4. The molecule has 0 aliphatic heterocycles. The molecule has 0 radical (unpaired) electrons. The number of hydrogen-bond donors (Lipinski definition) is 2. The zero-order chi connectivity index (χ0) is 13.9. The molecule has 0 saturated carbocycles. The van der Waals surface area contributed by atoms with Crippen LogP contribution in [0.5, 0.6) is 0 Å². The minimum Gasteiger partial charge on any atom is -0.399 e. The first-order chi connectivity index (χ1) is 8.96. The highest BCUT2D eigenvalue weighted by molar-refractivity contribution is 7.91. The minimum atomic E-state index is -3.58. The second kappa shape index (κ2) is 5.46. The highest BCUT2D eigenvalue weighted by Crippen LogP contribution is 2.20. The smallest absolute Gasteiger partial charge is 0.238 e. The average Bonchev–Trinajstić information content (AvgIpc) is 2.31. The van der Waals surface area contributed by atoms with Crippen molar-refractivity contribution in [3.05, 3.63) is 53.2 Å². The van der Waals surface area contributed by atoms with Gasteiger partial charge in [0.15, 0.2) is 5.82 Å². The first kappa shape index (κ1) is 13.6. The molecule has 3 N–H and O–H groups in total. The molecule has 2 aromatic rings. The molecule has 0 atom stereocenters. The molecule has 0 saturated heterocycles. The topological polar surface area (TPSA) is 85.1 Å². The van der Waals surface area contributed by atoms with E-state index in [2.05, 4.69) is 9.71 Å². The second-order valence-electron chi connectivity index (χ2n) is 3.94. The molecule has 100 valence electrons. The van der Waals surface area contributed by atoms with Crippen LogP contribution in [0, 0.1) is 0 Å². The van der Waals surface area contributed by atoms with E-state index in [1.54, 1.807) is 36.4 Å². The quantitative estimate of drug-likeness (QED) is 0.848. The molecule has 2 rings (SSSR count). The Balaban J connectivity index is 2.18. The number of benzene rings is 1. The van der Waals surface area contributed by atoms with Crippen molar-refractivity contribution in [3.63, 3.8) is 0 Å². The first-order valence-electron chi connectivity index (χ1n) is 5.42. The third-order valence-corrected chi connectivity index (χ3v) is 3.84. The predicted octanol–water partition coefficient (Wildman–Crippen LogP) is 2.26. The van der Waals surface area contributed by atoms with E-state index in [4.69, 9.17) is 17.3 Å². The van der Waals surface area contributed by atoms with Crippen molar-refractivity contribution in [1.29, 1.82) is 0 Å². The number of rotatable bonds is 4. The van der Waals surface area contributed by atoms with E-state index in [0.717, 1.165) is 0 Å². The maximum absolute atomic E-state index is 12.0. The molecule has 0 spiro atoms. The number of nitrogens with zero attached hydrogens (tertiary/aromatic N) is 1. The fourth-order valence-electron chi connectivity index (χ4n) is 1.55. The van der Waals surface area contributed by atoms with E-state index in [1.807, 2.05) is 0 Å². The molecule has 1 aromatic heterocycles. The first-order valence-corrected chi connectivity index (χ1v) is 7.45. The Kier molecular flexibility index (Phi) is 3.92. The molecule has 1 aromatic carbocycles. The van der Waals surface area contributed by atoms with Crippen molar-refractivity contribution < 1.29 is 8.42 Å². The predicted molar refractivity (Wildman–Crippen MR) is 76.3 cm³/mol. The van der Waals surface area contributed by atoms with Crippen LogP contribution in [0.15, 0.2) is 42.6 Å². The largest absolute Gasteiger partial charge is 0.399 e. The summed E-state index contributed by atoms with van der Waals surface area (Å²) in [6.45, 7) is 0. The lowest BCUT2D eigenvalue weighted by molar-refractivity contribution is 0.600. The number of nitrogens with two attached hydrogens (primary N) is 1. The Hall–Kier alpha value is -1.79. The standard InChI is InChI=1S/C12H12ClN3O2S/c13-11-5-2-6-15-12(11)16-19(17,18)8-9-3-1-4-10(14)7-9/h1-7H,8,14H2,(H,15,16). The van der Waals surface area contributed by atoms with Gasteiger partial charge in [0.1, 0.15) is 0 Å². The van der Waals surface area contributed by atoms with Crippen molar-refractivity contribution in [2.24, 2.45) is 0 Å². The van der Waals surface area contributed by atoms with E-state index in [1.165, 1.54) is 6.20 Å². The van der Waals surface area contributed by atoms with E-state index >= 15 is 0 Å². The minimum absolute atomic E-state index is 0.119. The molecule has 0 aliphatic rings. The van der Waals surface area contributed by atoms with Crippen LogP contribution in [-0.2, 0) is 15.8 Å². The van der Waals surface area contributed by atoms with Crippen molar-refractivity contribution >= 4 is 33.1 Å². The van der Waals surface area contributed by atoms with Gasteiger partial charge in [-0.3, -0.25) is 4.72 Å². The number of nitrogens with one attached hydrogen (secondary N) is 1. The maximum atomic E-state index is 12.0. The summed E-state index contributed by atoms with van der Waals surface area (Å²) < 4.78 is 26.3. The van der Waals surface area contributed by atoms with Gasteiger partial charge in [0.25, 0.3) is 0 Å². The number of nitrogen functional groups attached to an aromatic ring is 1. The average molecular weight is 298 g/mol. The Morgan fingerprint density at radius 1 is 1.26 bits per heavy atom. The van der Waals surface area contributed by atoms with Crippen LogP contribution in [0.2, 0.25) is 5.02 Å². The molecule has 0 bridgehead atoms. The van der Waals surface area contributed by atoms with Gasteiger partial charge in [-0.1, -0.05) is 23.7 Å². The van der Waals surface area contributed by atoms with E-state index in [0.29, 0.717) is 11.3 Å². The summed E-state index contributed by atoms with van der Waals surface area (Å²) >= 11 is 5.85. The number of sulfonamides is 1. The van der Waals surface area contributed by atoms with Crippen LogP contribution >= 0.6 is 11.6 Å². The zero-order valence-corrected chi connectivity index (χ0v) is 11.4. The van der Waals surface area contributed by atoms with Gasteiger partial charge in [-0.05, 0) is 29.8 Å². The van der Waals surface area contributed by atoms with E-state index < -0.39 is 10.0 Å². The molecular formula is C12H12ClN3O2S.